The topological polar surface area (TPSA) is 54.7 Å². The first kappa shape index (κ1) is 11.9. The fourth-order valence-electron chi connectivity index (χ4n) is 2.25. The molecule has 3 heteroatoms. The molecule has 0 saturated carbocycles. The average molecular weight is 251 g/mol. The van der Waals surface area contributed by atoms with E-state index >= 15 is 0 Å². The van der Waals surface area contributed by atoms with Gasteiger partial charge >= 0.3 is 0 Å². The smallest absolute Gasteiger partial charge is 0.128 e. The van der Waals surface area contributed by atoms with Crippen molar-refractivity contribution in [2.24, 2.45) is 5.73 Å². The number of benzene rings is 2. The van der Waals surface area contributed by atoms with Gasteiger partial charge < -0.3 is 10.7 Å². The molecule has 1 unspecified atom stereocenters. The number of imidazole rings is 1. The highest BCUT2D eigenvalue weighted by Gasteiger charge is 2.13. The highest BCUT2D eigenvalue weighted by Crippen LogP contribution is 2.22. The van der Waals surface area contributed by atoms with Crippen LogP contribution in [0, 0.1) is 13.8 Å². The van der Waals surface area contributed by atoms with Crippen molar-refractivity contribution >= 4 is 11.0 Å². The Morgan fingerprint density at radius 3 is 2.47 bits per heavy atom. The van der Waals surface area contributed by atoms with Crippen LogP contribution in [0.25, 0.3) is 11.0 Å². The number of fused-ring (bicyclic) bond motifs is 1. The second kappa shape index (κ2) is 4.52. The molecule has 1 atom stereocenters. The molecule has 0 spiro atoms. The number of nitrogens with two attached hydrogens (primary N) is 1. The zero-order chi connectivity index (χ0) is 13.4. The van der Waals surface area contributed by atoms with E-state index in [0.717, 1.165) is 22.4 Å². The molecule has 2 aromatic carbocycles. The van der Waals surface area contributed by atoms with Crippen LogP contribution < -0.4 is 5.73 Å². The van der Waals surface area contributed by atoms with Gasteiger partial charge in [0.25, 0.3) is 0 Å². The Morgan fingerprint density at radius 1 is 1.05 bits per heavy atom. The summed E-state index contributed by atoms with van der Waals surface area (Å²) in [4.78, 5) is 7.94. The predicted octanol–water partition coefficient (Wildman–Crippen LogP) is 3.23. The van der Waals surface area contributed by atoms with Crippen LogP contribution in [0.5, 0.6) is 0 Å². The van der Waals surface area contributed by atoms with Crippen molar-refractivity contribution in [3.05, 3.63) is 65.0 Å². The van der Waals surface area contributed by atoms with Crippen molar-refractivity contribution < 1.29 is 0 Å². The minimum absolute atomic E-state index is 0.214. The molecule has 3 nitrogen and oxygen atoms in total. The molecule has 19 heavy (non-hydrogen) atoms. The molecule has 96 valence electrons. The van der Waals surface area contributed by atoms with E-state index < -0.39 is 0 Å². The first-order valence-corrected chi connectivity index (χ1v) is 6.42. The van der Waals surface area contributed by atoms with Gasteiger partial charge in [-0.3, -0.25) is 0 Å². The van der Waals surface area contributed by atoms with Crippen molar-refractivity contribution in [2.45, 2.75) is 19.9 Å². The Morgan fingerprint density at radius 2 is 1.74 bits per heavy atom. The fraction of sp³-hybridized carbons (Fsp3) is 0.188. The van der Waals surface area contributed by atoms with Crippen LogP contribution >= 0.6 is 0 Å². The first-order chi connectivity index (χ1) is 9.15. The summed E-state index contributed by atoms with van der Waals surface area (Å²) in [7, 11) is 0. The van der Waals surface area contributed by atoms with Gasteiger partial charge in [-0.25, -0.2) is 4.98 Å². The number of hydrogen-bond donors (Lipinski definition) is 2. The number of aromatic nitrogens is 2. The summed E-state index contributed by atoms with van der Waals surface area (Å²) < 4.78 is 0. The molecule has 0 fully saturated rings. The Balaban J connectivity index is 2.06. The van der Waals surface area contributed by atoms with Gasteiger partial charge in [0, 0.05) is 0 Å². The lowest BCUT2D eigenvalue weighted by atomic mass is 10.1. The third kappa shape index (κ3) is 2.13. The number of hydrogen-bond acceptors (Lipinski definition) is 2. The average Bonchev–Trinajstić information content (AvgIpc) is 2.82. The molecular weight excluding hydrogens is 234 g/mol. The maximum absolute atomic E-state index is 6.26. The maximum Gasteiger partial charge on any atom is 0.128 e. The van der Waals surface area contributed by atoms with Gasteiger partial charge in [0.1, 0.15) is 5.82 Å². The van der Waals surface area contributed by atoms with Gasteiger partial charge in [-0.2, -0.15) is 0 Å². The quantitative estimate of drug-likeness (QED) is 0.734. The predicted molar refractivity (Wildman–Crippen MR) is 78.0 cm³/mol. The van der Waals surface area contributed by atoms with Crippen LogP contribution in [-0.4, -0.2) is 9.97 Å². The lowest BCUT2D eigenvalue weighted by molar-refractivity contribution is 0.806. The Labute approximate surface area is 112 Å². The van der Waals surface area contributed by atoms with Gasteiger partial charge in [-0.1, -0.05) is 30.3 Å². The molecule has 0 amide bonds. The number of aryl methyl sites for hydroxylation is 2. The minimum Gasteiger partial charge on any atom is -0.340 e. The summed E-state index contributed by atoms with van der Waals surface area (Å²) in [5, 5.41) is 0. The van der Waals surface area contributed by atoms with Crippen molar-refractivity contribution in [2.75, 3.05) is 0 Å². The zero-order valence-corrected chi connectivity index (χ0v) is 11.1. The molecule has 1 heterocycles. The standard InChI is InChI=1S/C16H17N3/c1-10-8-13-14(9-11(10)2)19-16(18-13)15(17)12-6-4-3-5-7-12/h3-9,15H,17H2,1-2H3,(H,18,19). The van der Waals surface area contributed by atoms with E-state index in [-0.39, 0.29) is 6.04 Å². The molecule has 0 radical (unpaired) electrons. The summed E-state index contributed by atoms with van der Waals surface area (Å²) in [6.45, 7) is 4.20. The largest absolute Gasteiger partial charge is 0.340 e. The highest BCUT2D eigenvalue weighted by molar-refractivity contribution is 5.77. The van der Waals surface area contributed by atoms with Crippen molar-refractivity contribution in [3.8, 4) is 0 Å². The lowest BCUT2D eigenvalue weighted by Crippen LogP contribution is -2.13. The van der Waals surface area contributed by atoms with Crippen LogP contribution in [0.1, 0.15) is 28.6 Å². The molecule has 0 saturated heterocycles. The van der Waals surface area contributed by atoms with Gasteiger partial charge in [0.05, 0.1) is 17.1 Å². The number of rotatable bonds is 2. The summed E-state index contributed by atoms with van der Waals surface area (Å²) >= 11 is 0. The molecule has 0 aliphatic rings. The SMILES string of the molecule is Cc1cc2nc(C(N)c3ccccc3)[nH]c2cc1C. The molecule has 3 aromatic rings. The van der Waals surface area contributed by atoms with Crippen molar-refractivity contribution in [1.82, 2.24) is 9.97 Å². The summed E-state index contributed by atoms with van der Waals surface area (Å²) in [6, 6.07) is 14.0. The maximum atomic E-state index is 6.26. The molecule has 3 rings (SSSR count). The first-order valence-electron chi connectivity index (χ1n) is 6.42. The minimum atomic E-state index is -0.214. The molecule has 3 N–H and O–H groups in total. The van der Waals surface area contributed by atoms with Crippen molar-refractivity contribution in [1.29, 1.82) is 0 Å². The van der Waals surface area contributed by atoms with E-state index in [2.05, 4.69) is 35.9 Å². The second-order valence-electron chi connectivity index (χ2n) is 4.96. The third-order valence-corrected chi connectivity index (χ3v) is 3.57. The van der Waals surface area contributed by atoms with Crippen LogP contribution in [0.15, 0.2) is 42.5 Å². The van der Waals surface area contributed by atoms with Gasteiger partial charge in [-0.05, 0) is 42.7 Å². The Kier molecular flexibility index (Phi) is 2.84. The summed E-state index contributed by atoms with van der Waals surface area (Å²) in [5.74, 6) is 0.811. The third-order valence-electron chi connectivity index (χ3n) is 3.57. The number of nitrogens with one attached hydrogen (secondary N) is 1. The van der Waals surface area contributed by atoms with Gasteiger partial charge in [-0.15, -0.1) is 0 Å². The summed E-state index contributed by atoms with van der Waals surface area (Å²) in [5.41, 5.74) is 11.9. The molecule has 1 aromatic heterocycles. The second-order valence-corrected chi connectivity index (χ2v) is 4.96. The normalized spacial score (nSPS) is 12.8. The fourth-order valence-corrected chi connectivity index (χ4v) is 2.25. The highest BCUT2D eigenvalue weighted by atomic mass is 15.0. The molecular formula is C16H17N3. The van der Waals surface area contributed by atoms with E-state index in [4.69, 9.17) is 5.73 Å². The number of H-pyrrole nitrogens is 1. The Hall–Kier alpha value is -2.13. The zero-order valence-electron chi connectivity index (χ0n) is 11.1. The van der Waals surface area contributed by atoms with E-state index in [0.29, 0.717) is 0 Å². The van der Waals surface area contributed by atoms with Crippen LogP contribution in [0.4, 0.5) is 0 Å². The van der Waals surface area contributed by atoms with Gasteiger partial charge in [0.15, 0.2) is 0 Å². The monoisotopic (exact) mass is 251 g/mol. The number of aromatic amines is 1. The van der Waals surface area contributed by atoms with E-state index in [1.54, 1.807) is 0 Å². The number of nitrogens with zero attached hydrogens (tertiary/aromatic N) is 1. The molecule has 0 aliphatic carbocycles. The Bertz CT molecular complexity index is 674. The van der Waals surface area contributed by atoms with E-state index in [9.17, 15) is 0 Å². The van der Waals surface area contributed by atoms with Crippen molar-refractivity contribution in [3.63, 3.8) is 0 Å². The van der Waals surface area contributed by atoms with E-state index in [1.165, 1.54) is 11.1 Å². The van der Waals surface area contributed by atoms with Crippen LogP contribution in [0.3, 0.4) is 0 Å². The summed E-state index contributed by atoms with van der Waals surface area (Å²) in [6.07, 6.45) is 0. The van der Waals surface area contributed by atoms with Gasteiger partial charge in [0.2, 0.25) is 0 Å². The van der Waals surface area contributed by atoms with Crippen LogP contribution in [0.2, 0.25) is 0 Å². The molecule has 0 aliphatic heterocycles. The van der Waals surface area contributed by atoms with Crippen LogP contribution in [-0.2, 0) is 0 Å². The van der Waals surface area contributed by atoms with E-state index in [1.807, 2.05) is 30.3 Å². The lowest BCUT2D eigenvalue weighted by Gasteiger charge is -2.08. The molecule has 0 bridgehead atoms.